The Morgan fingerprint density at radius 1 is 1.60 bits per heavy atom. The van der Waals surface area contributed by atoms with Crippen LogP contribution in [0.3, 0.4) is 0 Å². The Morgan fingerprint density at radius 3 is 2.10 bits per heavy atom. The molecule has 0 aliphatic carbocycles. The van der Waals surface area contributed by atoms with E-state index in [4.69, 9.17) is 15.4 Å². The van der Waals surface area contributed by atoms with Crippen LogP contribution in [0.4, 0.5) is 0 Å². The molecule has 2 atom stereocenters. The lowest BCUT2D eigenvalue weighted by Gasteiger charge is -2.12. The molecule has 0 radical (unpaired) electrons. The van der Waals surface area contributed by atoms with Gasteiger partial charge in [0.15, 0.2) is 5.44 Å². The van der Waals surface area contributed by atoms with E-state index < -0.39 is 21.6 Å². The molecule has 0 saturated carbocycles. The lowest BCUT2D eigenvalue weighted by Crippen LogP contribution is -2.39. The van der Waals surface area contributed by atoms with Crippen LogP contribution in [0.15, 0.2) is 0 Å². The summed E-state index contributed by atoms with van der Waals surface area (Å²) in [7, 11) is -4.38. The van der Waals surface area contributed by atoms with Crippen molar-refractivity contribution in [2.75, 3.05) is 0 Å². The van der Waals surface area contributed by atoms with Crippen LogP contribution in [-0.2, 0) is 10.1 Å². The molecule has 0 aliphatic heterocycles. The molecule has 0 rings (SSSR count). The van der Waals surface area contributed by atoms with E-state index in [0.717, 1.165) is 0 Å². The molecule has 10 heavy (non-hydrogen) atoms. The van der Waals surface area contributed by atoms with Crippen LogP contribution >= 0.6 is 0 Å². The van der Waals surface area contributed by atoms with E-state index in [1.165, 1.54) is 0 Å². The maximum atomic E-state index is 10.2. The highest BCUT2D eigenvalue weighted by Gasteiger charge is 2.25. The quantitative estimate of drug-likeness (QED) is 0.467. The van der Waals surface area contributed by atoms with Gasteiger partial charge in [-0.3, -0.25) is 4.55 Å². The first-order chi connectivity index (χ1) is 4.39. The van der Waals surface area contributed by atoms with E-state index in [2.05, 4.69) is 0 Å². The first-order valence-corrected chi connectivity index (χ1v) is 4.30. The summed E-state index contributed by atoms with van der Waals surface area (Å²) in [5.41, 5.74) is 3.25. The van der Waals surface area contributed by atoms with E-state index in [-0.39, 0.29) is 0 Å². The molecule has 62 valence electrons. The number of hydrogen-bond acceptors (Lipinski definition) is 4. The first kappa shape index (κ1) is 9.83. The topological polar surface area (TPSA) is 101 Å². The minimum Gasteiger partial charge on any atom is -0.374 e. The highest BCUT2D eigenvalue weighted by molar-refractivity contribution is 7.86. The predicted octanol–water partition coefficient (Wildman–Crippen LogP) is -1.07. The minimum absolute atomic E-state index is 0.293. The zero-order chi connectivity index (χ0) is 8.36. The third-order valence-electron chi connectivity index (χ3n) is 1.14. The van der Waals surface area contributed by atoms with Gasteiger partial charge in [-0.25, -0.2) is 0 Å². The van der Waals surface area contributed by atoms with Crippen LogP contribution in [0, 0.1) is 0 Å². The number of nitrogens with two attached hydrogens (primary N) is 1. The van der Waals surface area contributed by atoms with Crippen molar-refractivity contribution < 1.29 is 18.1 Å². The van der Waals surface area contributed by atoms with E-state index >= 15 is 0 Å². The van der Waals surface area contributed by atoms with Gasteiger partial charge >= 0.3 is 0 Å². The smallest absolute Gasteiger partial charge is 0.293 e. The summed E-state index contributed by atoms with van der Waals surface area (Å²) in [5.74, 6) is 0. The van der Waals surface area contributed by atoms with Gasteiger partial charge in [-0.05, 0) is 6.42 Å². The van der Waals surface area contributed by atoms with Crippen molar-refractivity contribution in [3.63, 3.8) is 0 Å². The molecular formula is C4H11NO4S. The first-order valence-electron chi connectivity index (χ1n) is 2.79. The summed E-state index contributed by atoms with van der Waals surface area (Å²) in [4.78, 5) is 0. The molecule has 0 aromatic rings. The summed E-state index contributed by atoms with van der Waals surface area (Å²) in [6.45, 7) is 1.61. The Morgan fingerprint density at radius 2 is 2.00 bits per heavy atom. The van der Waals surface area contributed by atoms with Gasteiger partial charge in [-0.2, -0.15) is 8.42 Å². The number of hydrogen-bond donors (Lipinski definition) is 3. The van der Waals surface area contributed by atoms with Crippen molar-refractivity contribution in [1.82, 2.24) is 0 Å². The lowest BCUT2D eigenvalue weighted by atomic mass is 10.3. The van der Waals surface area contributed by atoms with Gasteiger partial charge in [0.2, 0.25) is 0 Å². The fraction of sp³-hybridized carbons (Fsp3) is 1.00. The second kappa shape index (κ2) is 3.29. The van der Waals surface area contributed by atoms with Crippen LogP contribution < -0.4 is 5.73 Å². The fourth-order valence-electron chi connectivity index (χ4n) is 0.423. The van der Waals surface area contributed by atoms with Gasteiger partial charge in [-0.1, -0.05) is 6.92 Å². The van der Waals surface area contributed by atoms with Crippen LogP contribution in [0.2, 0.25) is 0 Å². The summed E-state index contributed by atoms with van der Waals surface area (Å²) >= 11 is 0. The minimum atomic E-state index is -4.38. The molecule has 5 nitrogen and oxygen atoms in total. The molecule has 0 spiro atoms. The molecular weight excluding hydrogens is 158 g/mol. The Labute approximate surface area is 59.6 Å². The average Bonchev–Trinajstić information content (AvgIpc) is 1.83. The zero-order valence-corrected chi connectivity index (χ0v) is 6.37. The fourth-order valence-corrected chi connectivity index (χ4v) is 1.06. The Kier molecular flexibility index (Phi) is 3.23. The van der Waals surface area contributed by atoms with E-state index in [9.17, 15) is 8.42 Å². The number of aliphatic hydroxyl groups is 1. The molecule has 6 heteroatoms. The average molecular weight is 169 g/mol. The second-order valence-corrected chi connectivity index (χ2v) is 3.49. The largest absolute Gasteiger partial charge is 0.374 e. The third kappa shape index (κ3) is 2.61. The van der Waals surface area contributed by atoms with Crippen molar-refractivity contribution in [2.45, 2.75) is 24.8 Å². The van der Waals surface area contributed by atoms with Gasteiger partial charge in [0.05, 0.1) is 0 Å². The van der Waals surface area contributed by atoms with Gasteiger partial charge in [0.1, 0.15) is 0 Å². The predicted molar refractivity (Wildman–Crippen MR) is 35.8 cm³/mol. The second-order valence-electron chi connectivity index (χ2n) is 1.98. The molecule has 0 aromatic heterocycles. The van der Waals surface area contributed by atoms with E-state index in [1.54, 1.807) is 6.92 Å². The Hall–Kier alpha value is -0.170. The van der Waals surface area contributed by atoms with E-state index in [1.807, 2.05) is 0 Å². The molecule has 0 heterocycles. The third-order valence-corrected chi connectivity index (χ3v) is 2.10. The summed E-state index contributed by atoms with van der Waals surface area (Å²) in [6.07, 6.45) is 0.293. The summed E-state index contributed by atoms with van der Waals surface area (Å²) in [5, 5.41) is 8.69. The SMILES string of the molecule is CCC(N)C(O)S(=O)(=O)O. The Bertz CT molecular complexity index is 187. The normalized spacial score (nSPS) is 18.4. The van der Waals surface area contributed by atoms with Gasteiger partial charge in [0, 0.05) is 6.04 Å². The monoisotopic (exact) mass is 169 g/mol. The van der Waals surface area contributed by atoms with Gasteiger partial charge in [0.25, 0.3) is 10.1 Å². The highest BCUT2D eigenvalue weighted by Crippen LogP contribution is 2.01. The van der Waals surface area contributed by atoms with Crippen LogP contribution in [-0.4, -0.2) is 29.6 Å². The standard InChI is InChI=1S/C4H11NO4S/c1-2-3(5)4(6)10(7,8)9/h3-4,6H,2,5H2,1H3,(H,7,8,9). The lowest BCUT2D eigenvalue weighted by molar-refractivity contribution is 0.201. The summed E-state index contributed by atoms with van der Waals surface area (Å²) < 4.78 is 28.5. The molecule has 0 aromatic carbocycles. The van der Waals surface area contributed by atoms with Crippen molar-refractivity contribution in [2.24, 2.45) is 5.73 Å². The Balaban J connectivity index is 4.23. The maximum Gasteiger partial charge on any atom is 0.293 e. The molecule has 0 fully saturated rings. The van der Waals surface area contributed by atoms with Gasteiger partial charge in [-0.15, -0.1) is 0 Å². The molecule has 0 amide bonds. The van der Waals surface area contributed by atoms with Gasteiger partial charge < -0.3 is 10.8 Å². The molecule has 0 saturated heterocycles. The molecule has 4 N–H and O–H groups in total. The summed E-state index contributed by atoms with van der Waals surface area (Å²) in [6, 6.07) is -0.921. The van der Waals surface area contributed by atoms with Crippen LogP contribution in [0.25, 0.3) is 0 Å². The van der Waals surface area contributed by atoms with E-state index in [0.29, 0.717) is 6.42 Å². The number of rotatable bonds is 3. The maximum absolute atomic E-state index is 10.2. The zero-order valence-electron chi connectivity index (χ0n) is 5.56. The molecule has 2 unspecified atom stereocenters. The number of aliphatic hydroxyl groups excluding tert-OH is 1. The molecule has 0 bridgehead atoms. The van der Waals surface area contributed by atoms with Crippen molar-refractivity contribution in [1.29, 1.82) is 0 Å². The van der Waals surface area contributed by atoms with Crippen molar-refractivity contribution in [3.8, 4) is 0 Å². The van der Waals surface area contributed by atoms with Crippen molar-refractivity contribution >= 4 is 10.1 Å². The van der Waals surface area contributed by atoms with Crippen molar-refractivity contribution in [3.05, 3.63) is 0 Å². The highest BCUT2D eigenvalue weighted by atomic mass is 32.2. The van der Waals surface area contributed by atoms with Crippen LogP contribution in [0.5, 0.6) is 0 Å². The van der Waals surface area contributed by atoms with Crippen LogP contribution in [0.1, 0.15) is 13.3 Å². The molecule has 0 aliphatic rings.